The Balaban J connectivity index is 2.95. The maximum absolute atomic E-state index is 12.2. The predicted octanol–water partition coefficient (Wildman–Crippen LogP) is 4.74. The van der Waals surface area contributed by atoms with Crippen LogP contribution in [-0.2, 0) is 11.0 Å². The van der Waals surface area contributed by atoms with Gasteiger partial charge < -0.3 is 4.74 Å². The lowest BCUT2D eigenvalue weighted by Gasteiger charge is -2.24. The second-order valence-corrected chi connectivity index (χ2v) is 8.10. The summed E-state index contributed by atoms with van der Waals surface area (Å²) >= 11 is 5.83. The fourth-order valence-corrected chi connectivity index (χ4v) is 2.78. The first-order valence-corrected chi connectivity index (χ1v) is 8.20. The van der Waals surface area contributed by atoms with Crippen molar-refractivity contribution in [3.05, 3.63) is 28.8 Å². The van der Waals surface area contributed by atoms with Crippen LogP contribution in [0.4, 0.5) is 13.2 Å². The molecule has 0 amide bonds. The van der Waals surface area contributed by atoms with Gasteiger partial charge in [0.15, 0.2) is 0 Å². The topological polar surface area (TPSA) is 38.3 Å². The van der Waals surface area contributed by atoms with Crippen molar-refractivity contribution >= 4 is 22.6 Å². The molecule has 0 spiro atoms. The Bertz CT molecular complexity index is 544. The smallest absolute Gasteiger partial charge is 0.404 e. The van der Waals surface area contributed by atoms with E-state index < -0.39 is 27.8 Å². The summed E-state index contributed by atoms with van der Waals surface area (Å²) in [7, 11) is -1.30. The van der Waals surface area contributed by atoms with Crippen LogP contribution >= 0.6 is 11.6 Å². The zero-order chi connectivity index (χ0) is 17.1. The number of hydrogen-bond acceptors (Lipinski definition) is 2. The van der Waals surface area contributed by atoms with Crippen molar-refractivity contribution < 1.29 is 22.1 Å². The normalized spacial score (nSPS) is 15.5. The van der Waals surface area contributed by atoms with Crippen LogP contribution in [0, 0.1) is 0 Å². The van der Waals surface area contributed by atoms with E-state index in [9.17, 15) is 17.4 Å². The number of benzene rings is 1. The Morgan fingerprint density at radius 2 is 1.91 bits per heavy atom. The van der Waals surface area contributed by atoms with Crippen molar-refractivity contribution in [1.29, 1.82) is 0 Å². The molecule has 0 aromatic heterocycles. The van der Waals surface area contributed by atoms with Crippen LogP contribution in [0.3, 0.4) is 0 Å². The summed E-state index contributed by atoms with van der Waals surface area (Å²) in [4.78, 5) is 0. The molecule has 0 aliphatic heterocycles. The lowest BCUT2D eigenvalue weighted by Crippen LogP contribution is -2.35. The fraction of sp³-hybridized carbons (Fsp3) is 0.571. The molecule has 126 valence electrons. The predicted molar refractivity (Wildman–Crippen MR) is 82.2 cm³/mol. The van der Waals surface area contributed by atoms with Crippen molar-refractivity contribution in [2.24, 2.45) is 0 Å². The van der Waals surface area contributed by atoms with Gasteiger partial charge in [0, 0.05) is 6.04 Å². The van der Waals surface area contributed by atoms with Crippen LogP contribution in [0.15, 0.2) is 18.2 Å². The van der Waals surface area contributed by atoms with E-state index >= 15 is 0 Å². The largest absolute Gasteiger partial charge is 0.573 e. The molecular formula is C14H19ClF3NO2S. The minimum Gasteiger partial charge on any atom is -0.404 e. The number of nitrogens with one attached hydrogen (secondary N) is 1. The molecule has 1 aromatic carbocycles. The summed E-state index contributed by atoms with van der Waals surface area (Å²) in [6.07, 6.45) is -4.18. The highest BCUT2D eigenvalue weighted by Crippen LogP contribution is 2.33. The molecule has 0 fully saturated rings. The van der Waals surface area contributed by atoms with Crippen LogP contribution in [0.5, 0.6) is 5.75 Å². The SMILES string of the molecule is CC[C@@H](N[S@](=O)C(C)(C)C)c1ccc(OC(F)(F)F)c(Cl)c1. The van der Waals surface area contributed by atoms with E-state index in [2.05, 4.69) is 9.46 Å². The number of hydrogen-bond donors (Lipinski definition) is 1. The maximum Gasteiger partial charge on any atom is 0.573 e. The van der Waals surface area contributed by atoms with E-state index in [-0.39, 0.29) is 11.1 Å². The molecule has 3 nitrogen and oxygen atoms in total. The minimum atomic E-state index is -4.79. The van der Waals surface area contributed by atoms with Crippen LogP contribution in [0.2, 0.25) is 5.02 Å². The van der Waals surface area contributed by atoms with Gasteiger partial charge in [-0.15, -0.1) is 13.2 Å². The van der Waals surface area contributed by atoms with Gasteiger partial charge in [0.1, 0.15) is 5.75 Å². The third kappa shape index (κ3) is 5.78. The van der Waals surface area contributed by atoms with Crippen LogP contribution in [0.25, 0.3) is 0 Å². The van der Waals surface area contributed by atoms with Crippen molar-refractivity contribution in [2.75, 3.05) is 0 Å². The fourth-order valence-electron chi connectivity index (χ4n) is 1.63. The Kier molecular flexibility index (Phi) is 6.29. The highest BCUT2D eigenvalue weighted by atomic mass is 35.5. The summed E-state index contributed by atoms with van der Waals surface area (Å²) in [6.45, 7) is 7.37. The van der Waals surface area contributed by atoms with Crippen LogP contribution < -0.4 is 9.46 Å². The van der Waals surface area contributed by atoms with Crippen molar-refractivity contribution in [3.63, 3.8) is 0 Å². The zero-order valence-corrected chi connectivity index (χ0v) is 14.3. The van der Waals surface area contributed by atoms with Crippen molar-refractivity contribution in [2.45, 2.75) is 51.3 Å². The molecule has 0 saturated heterocycles. The first-order chi connectivity index (χ1) is 9.94. The number of alkyl halides is 3. The summed E-state index contributed by atoms with van der Waals surface area (Å²) in [6, 6.07) is 3.75. The Morgan fingerprint density at radius 1 is 1.32 bits per heavy atom. The molecular weight excluding hydrogens is 339 g/mol. The highest BCUT2D eigenvalue weighted by Gasteiger charge is 2.32. The molecule has 0 aliphatic rings. The monoisotopic (exact) mass is 357 g/mol. The van der Waals surface area contributed by atoms with Crippen LogP contribution in [0.1, 0.15) is 45.7 Å². The molecule has 1 N–H and O–H groups in total. The lowest BCUT2D eigenvalue weighted by atomic mass is 10.1. The molecule has 0 heterocycles. The third-order valence-corrected chi connectivity index (χ3v) is 4.70. The summed E-state index contributed by atoms with van der Waals surface area (Å²) in [5.74, 6) is -0.454. The summed E-state index contributed by atoms with van der Waals surface area (Å²) in [5.41, 5.74) is 0.652. The molecule has 8 heteroatoms. The van der Waals surface area contributed by atoms with Gasteiger partial charge in [0.2, 0.25) is 0 Å². The van der Waals surface area contributed by atoms with Gasteiger partial charge in [-0.25, -0.2) is 8.93 Å². The van der Waals surface area contributed by atoms with Gasteiger partial charge in [0.05, 0.1) is 20.8 Å². The van der Waals surface area contributed by atoms with E-state index in [0.29, 0.717) is 12.0 Å². The van der Waals surface area contributed by atoms with E-state index in [4.69, 9.17) is 11.6 Å². The lowest BCUT2D eigenvalue weighted by molar-refractivity contribution is -0.274. The number of halogens is 4. The van der Waals surface area contributed by atoms with E-state index in [1.165, 1.54) is 12.1 Å². The molecule has 0 radical (unpaired) electrons. The van der Waals surface area contributed by atoms with E-state index in [1.807, 2.05) is 27.7 Å². The Morgan fingerprint density at radius 3 is 2.32 bits per heavy atom. The van der Waals surface area contributed by atoms with E-state index in [1.54, 1.807) is 0 Å². The number of rotatable bonds is 5. The average Bonchev–Trinajstić information content (AvgIpc) is 2.35. The van der Waals surface area contributed by atoms with Gasteiger partial charge in [-0.1, -0.05) is 24.6 Å². The highest BCUT2D eigenvalue weighted by molar-refractivity contribution is 7.84. The molecule has 22 heavy (non-hydrogen) atoms. The van der Waals surface area contributed by atoms with Crippen LogP contribution in [-0.4, -0.2) is 15.3 Å². The standard InChI is InChI=1S/C14H19ClF3NO2S/c1-5-11(19-22(20)13(2,3)4)9-6-7-12(10(15)8-9)21-14(16,17)18/h6-8,11,19H,5H2,1-4H3/t11-,22-/m1/s1. The molecule has 2 atom stereocenters. The Labute approximate surface area is 135 Å². The maximum atomic E-state index is 12.2. The summed E-state index contributed by atoms with van der Waals surface area (Å²) < 4.78 is 55.1. The number of ether oxygens (including phenoxy) is 1. The molecule has 1 rings (SSSR count). The molecule has 1 aromatic rings. The molecule has 0 aliphatic carbocycles. The third-order valence-electron chi connectivity index (χ3n) is 2.80. The first-order valence-electron chi connectivity index (χ1n) is 6.67. The molecule has 0 saturated carbocycles. The van der Waals surface area contributed by atoms with Gasteiger partial charge in [-0.2, -0.15) is 0 Å². The first kappa shape index (κ1) is 19.3. The van der Waals surface area contributed by atoms with Gasteiger partial charge in [-0.3, -0.25) is 0 Å². The zero-order valence-electron chi connectivity index (χ0n) is 12.8. The van der Waals surface area contributed by atoms with E-state index in [0.717, 1.165) is 6.07 Å². The minimum absolute atomic E-state index is 0.142. The van der Waals surface area contributed by atoms with Crippen molar-refractivity contribution in [3.8, 4) is 5.75 Å². The molecule has 0 unspecified atom stereocenters. The Hall–Kier alpha value is -0.790. The quantitative estimate of drug-likeness (QED) is 0.826. The second kappa shape index (κ2) is 7.19. The van der Waals surface area contributed by atoms with Gasteiger partial charge >= 0.3 is 6.36 Å². The molecule has 0 bridgehead atoms. The summed E-state index contributed by atoms with van der Waals surface area (Å²) in [5, 5.41) is -0.142. The van der Waals surface area contributed by atoms with Crippen molar-refractivity contribution in [1.82, 2.24) is 4.72 Å². The average molecular weight is 358 g/mol. The van der Waals surface area contributed by atoms with Gasteiger partial charge in [0.25, 0.3) is 0 Å². The second-order valence-electron chi connectivity index (χ2n) is 5.70. The van der Waals surface area contributed by atoms with Gasteiger partial charge in [-0.05, 0) is 44.9 Å².